The van der Waals surface area contributed by atoms with Crippen LogP contribution in [0.1, 0.15) is 24.4 Å². The number of rotatable bonds is 1. The number of likely N-dealkylation sites (tertiary alicyclic amines) is 1. The van der Waals surface area contributed by atoms with E-state index in [1.54, 1.807) is 0 Å². The molecule has 0 aliphatic carbocycles. The second-order valence-electron chi connectivity index (χ2n) is 3.69. The number of hydrogen-bond acceptors (Lipinski definition) is 1. The molecular formula is C11H14ClN. The Labute approximate surface area is 84.3 Å². The van der Waals surface area contributed by atoms with Crippen molar-refractivity contribution in [1.29, 1.82) is 0 Å². The molecular weight excluding hydrogens is 182 g/mol. The third-order valence-corrected chi connectivity index (χ3v) is 2.99. The molecule has 1 aromatic rings. The van der Waals surface area contributed by atoms with E-state index in [2.05, 4.69) is 24.1 Å². The summed E-state index contributed by atoms with van der Waals surface area (Å²) in [7, 11) is 2.18. The van der Waals surface area contributed by atoms with Gasteiger partial charge in [-0.25, -0.2) is 0 Å². The van der Waals surface area contributed by atoms with Crippen LogP contribution in [0.15, 0.2) is 24.3 Å². The molecule has 0 saturated carbocycles. The molecule has 1 aliphatic rings. The van der Waals surface area contributed by atoms with Crippen molar-refractivity contribution in [3.8, 4) is 0 Å². The van der Waals surface area contributed by atoms with Gasteiger partial charge in [-0.15, -0.1) is 0 Å². The van der Waals surface area contributed by atoms with E-state index in [4.69, 9.17) is 11.6 Å². The standard InChI is InChI=1S/C11H14ClN/c1-13-7-3-6-11(13)9-4-2-5-10(12)8-9/h2,4-5,8,11H,3,6-7H2,1H3. The number of nitrogens with zero attached hydrogens (tertiary/aromatic N) is 1. The zero-order valence-electron chi connectivity index (χ0n) is 7.83. The minimum atomic E-state index is 0.582. The summed E-state index contributed by atoms with van der Waals surface area (Å²) < 4.78 is 0. The molecule has 0 amide bonds. The largest absolute Gasteiger partial charge is 0.299 e. The summed E-state index contributed by atoms with van der Waals surface area (Å²) in [4.78, 5) is 2.39. The minimum absolute atomic E-state index is 0.582. The molecule has 0 aromatic heterocycles. The molecule has 2 heteroatoms. The molecule has 0 spiro atoms. The van der Waals surface area contributed by atoms with E-state index in [-0.39, 0.29) is 0 Å². The second kappa shape index (κ2) is 3.69. The Balaban J connectivity index is 2.24. The Kier molecular flexibility index (Phi) is 2.56. The van der Waals surface area contributed by atoms with E-state index in [0.29, 0.717) is 6.04 Å². The summed E-state index contributed by atoms with van der Waals surface area (Å²) in [6.45, 7) is 1.21. The first kappa shape index (κ1) is 9.04. The van der Waals surface area contributed by atoms with Gasteiger partial charge in [0.2, 0.25) is 0 Å². The first-order valence-corrected chi connectivity index (χ1v) is 5.11. The quantitative estimate of drug-likeness (QED) is 0.666. The van der Waals surface area contributed by atoms with Gasteiger partial charge in [-0.05, 0) is 44.1 Å². The Bertz CT molecular complexity index is 298. The smallest absolute Gasteiger partial charge is 0.0409 e. The molecule has 1 aromatic carbocycles. The maximum atomic E-state index is 5.95. The van der Waals surface area contributed by atoms with Crippen LogP contribution in [0, 0.1) is 0 Å². The third kappa shape index (κ3) is 1.87. The fourth-order valence-electron chi connectivity index (χ4n) is 2.05. The average Bonchev–Trinajstić information content (AvgIpc) is 2.51. The van der Waals surface area contributed by atoms with Crippen molar-refractivity contribution in [3.05, 3.63) is 34.9 Å². The van der Waals surface area contributed by atoms with Crippen LogP contribution in [0.3, 0.4) is 0 Å². The summed E-state index contributed by atoms with van der Waals surface area (Å²) in [6, 6.07) is 8.79. The third-order valence-electron chi connectivity index (χ3n) is 2.75. The summed E-state index contributed by atoms with van der Waals surface area (Å²) in [6.07, 6.45) is 2.56. The molecule has 1 atom stereocenters. The van der Waals surface area contributed by atoms with E-state index in [1.807, 2.05) is 12.1 Å². The summed E-state index contributed by atoms with van der Waals surface area (Å²) in [5.41, 5.74) is 1.35. The van der Waals surface area contributed by atoms with E-state index < -0.39 is 0 Å². The lowest BCUT2D eigenvalue weighted by molar-refractivity contribution is 0.317. The van der Waals surface area contributed by atoms with Gasteiger partial charge < -0.3 is 0 Å². The maximum absolute atomic E-state index is 5.95. The zero-order chi connectivity index (χ0) is 9.26. The number of benzene rings is 1. The number of halogens is 1. The van der Waals surface area contributed by atoms with Crippen LogP contribution in [0.4, 0.5) is 0 Å². The highest BCUT2D eigenvalue weighted by atomic mass is 35.5. The highest BCUT2D eigenvalue weighted by Gasteiger charge is 2.22. The lowest BCUT2D eigenvalue weighted by atomic mass is 10.1. The van der Waals surface area contributed by atoms with Gasteiger partial charge in [0.1, 0.15) is 0 Å². The molecule has 1 aliphatic heterocycles. The van der Waals surface area contributed by atoms with Crippen molar-refractivity contribution in [2.24, 2.45) is 0 Å². The molecule has 1 fully saturated rings. The molecule has 1 heterocycles. The molecule has 70 valence electrons. The molecule has 13 heavy (non-hydrogen) atoms. The summed E-state index contributed by atoms with van der Waals surface area (Å²) in [5.74, 6) is 0. The Morgan fingerprint density at radius 1 is 1.46 bits per heavy atom. The SMILES string of the molecule is CN1CCCC1c1cccc(Cl)c1. The van der Waals surface area contributed by atoms with Crippen LogP contribution in [0.25, 0.3) is 0 Å². The van der Waals surface area contributed by atoms with Gasteiger partial charge in [0, 0.05) is 11.1 Å². The fraction of sp³-hybridized carbons (Fsp3) is 0.455. The maximum Gasteiger partial charge on any atom is 0.0409 e. The van der Waals surface area contributed by atoms with Crippen molar-refractivity contribution in [1.82, 2.24) is 4.90 Å². The normalized spacial score (nSPS) is 23.7. The molecule has 1 nitrogen and oxygen atoms in total. The second-order valence-corrected chi connectivity index (χ2v) is 4.13. The van der Waals surface area contributed by atoms with Crippen molar-refractivity contribution < 1.29 is 0 Å². The van der Waals surface area contributed by atoms with Gasteiger partial charge in [-0.2, -0.15) is 0 Å². The fourth-order valence-corrected chi connectivity index (χ4v) is 2.24. The Morgan fingerprint density at radius 3 is 2.92 bits per heavy atom. The van der Waals surface area contributed by atoms with Crippen molar-refractivity contribution in [3.63, 3.8) is 0 Å². The summed E-state index contributed by atoms with van der Waals surface area (Å²) in [5, 5.41) is 0.845. The molecule has 0 bridgehead atoms. The summed E-state index contributed by atoms with van der Waals surface area (Å²) >= 11 is 5.95. The van der Waals surface area contributed by atoms with Crippen LogP contribution >= 0.6 is 11.6 Å². The molecule has 0 N–H and O–H groups in total. The first-order chi connectivity index (χ1) is 6.27. The van der Waals surface area contributed by atoms with E-state index in [0.717, 1.165) is 5.02 Å². The monoisotopic (exact) mass is 195 g/mol. The van der Waals surface area contributed by atoms with Crippen molar-refractivity contribution in [2.75, 3.05) is 13.6 Å². The van der Waals surface area contributed by atoms with Crippen LogP contribution in [0.2, 0.25) is 5.02 Å². The lowest BCUT2D eigenvalue weighted by Crippen LogP contribution is -2.17. The molecule has 1 unspecified atom stereocenters. The molecule has 2 rings (SSSR count). The van der Waals surface area contributed by atoms with Gasteiger partial charge in [-0.1, -0.05) is 23.7 Å². The van der Waals surface area contributed by atoms with Gasteiger partial charge >= 0.3 is 0 Å². The Hall–Kier alpha value is -0.530. The first-order valence-electron chi connectivity index (χ1n) is 4.73. The topological polar surface area (TPSA) is 3.24 Å². The van der Waals surface area contributed by atoms with Gasteiger partial charge in [0.25, 0.3) is 0 Å². The predicted octanol–water partition coefficient (Wildman–Crippen LogP) is 3.11. The van der Waals surface area contributed by atoms with Gasteiger partial charge in [0.15, 0.2) is 0 Å². The molecule has 0 radical (unpaired) electrons. The lowest BCUT2D eigenvalue weighted by Gasteiger charge is -2.19. The molecule has 1 saturated heterocycles. The van der Waals surface area contributed by atoms with Crippen LogP contribution in [-0.4, -0.2) is 18.5 Å². The predicted molar refractivity (Wildman–Crippen MR) is 56.1 cm³/mol. The van der Waals surface area contributed by atoms with Crippen LogP contribution in [0.5, 0.6) is 0 Å². The van der Waals surface area contributed by atoms with Crippen LogP contribution < -0.4 is 0 Å². The van der Waals surface area contributed by atoms with E-state index in [1.165, 1.54) is 24.9 Å². The zero-order valence-corrected chi connectivity index (χ0v) is 8.59. The average molecular weight is 196 g/mol. The highest BCUT2D eigenvalue weighted by Crippen LogP contribution is 2.31. The van der Waals surface area contributed by atoms with Crippen molar-refractivity contribution >= 4 is 11.6 Å². The van der Waals surface area contributed by atoms with Crippen molar-refractivity contribution in [2.45, 2.75) is 18.9 Å². The van der Waals surface area contributed by atoms with E-state index >= 15 is 0 Å². The highest BCUT2D eigenvalue weighted by molar-refractivity contribution is 6.30. The van der Waals surface area contributed by atoms with Gasteiger partial charge in [0.05, 0.1) is 0 Å². The number of hydrogen-bond donors (Lipinski definition) is 0. The minimum Gasteiger partial charge on any atom is -0.299 e. The van der Waals surface area contributed by atoms with Crippen LogP contribution in [-0.2, 0) is 0 Å². The van der Waals surface area contributed by atoms with E-state index in [9.17, 15) is 0 Å². The van der Waals surface area contributed by atoms with Gasteiger partial charge in [-0.3, -0.25) is 4.90 Å². The Morgan fingerprint density at radius 2 is 2.31 bits per heavy atom.